The maximum atomic E-state index is 5.86. The number of nitrogens with two attached hydrogens (primary N) is 1. The third-order valence-electron chi connectivity index (χ3n) is 4.33. The highest BCUT2D eigenvalue weighted by Crippen LogP contribution is 2.35. The molecule has 0 aromatic carbocycles. The number of rotatable bonds is 4. The molecule has 1 saturated carbocycles. The van der Waals surface area contributed by atoms with Crippen molar-refractivity contribution in [2.24, 2.45) is 5.73 Å². The molecule has 0 radical (unpaired) electrons. The van der Waals surface area contributed by atoms with Gasteiger partial charge in [-0.05, 0) is 26.7 Å². The van der Waals surface area contributed by atoms with E-state index in [4.69, 9.17) is 5.73 Å². The van der Waals surface area contributed by atoms with E-state index >= 15 is 0 Å². The summed E-state index contributed by atoms with van der Waals surface area (Å²) in [5.74, 6) is 1.44. The largest absolute Gasteiger partial charge is 0.355 e. The molecule has 1 fully saturated rings. The number of halogens is 2. The van der Waals surface area contributed by atoms with E-state index in [9.17, 15) is 0 Å². The summed E-state index contributed by atoms with van der Waals surface area (Å²) in [6, 6.07) is 2.42. The van der Waals surface area contributed by atoms with Crippen LogP contribution in [-0.2, 0) is 6.54 Å². The van der Waals surface area contributed by atoms with Gasteiger partial charge in [-0.25, -0.2) is 9.97 Å². The van der Waals surface area contributed by atoms with Crippen LogP contribution < -0.4 is 10.6 Å². The molecule has 1 aliphatic carbocycles. The van der Waals surface area contributed by atoms with E-state index in [1.807, 2.05) is 20.9 Å². The van der Waals surface area contributed by atoms with Crippen LogP contribution >= 0.6 is 24.8 Å². The van der Waals surface area contributed by atoms with Crippen molar-refractivity contribution < 1.29 is 0 Å². The highest BCUT2D eigenvalue weighted by Gasteiger charge is 2.28. The lowest BCUT2D eigenvalue weighted by atomic mass is 9.78. The Balaban J connectivity index is 0.00000132. The second kappa shape index (κ2) is 7.95. The summed E-state index contributed by atoms with van der Waals surface area (Å²) in [4.78, 5) is 10.9. The van der Waals surface area contributed by atoms with Gasteiger partial charge < -0.3 is 10.6 Å². The van der Waals surface area contributed by atoms with Crippen molar-refractivity contribution in [1.29, 1.82) is 0 Å². The van der Waals surface area contributed by atoms with Crippen molar-refractivity contribution >= 4 is 30.6 Å². The molecule has 0 saturated heterocycles. The van der Waals surface area contributed by atoms with E-state index in [-0.39, 0.29) is 24.8 Å². The maximum Gasteiger partial charge on any atom is 0.132 e. The quantitative estimate of drug-likeness (QED) is 0.876. The molecule has 6 nitrogen and oxygen atoms in total. The number of hydrogen-bond donors (Lipinski definition) is 2. The third kappa shape index (κ3) is 4.13. The van der Waals surface area contributed by atoms with E-state index in [2.05, 4.69) is 31.1 Å². The molecule has 3 rings (SSSR count). The Morgan fingerprint density at radius 2 is 1.96 bits per heavy atom. The minimum atomic E-state index is 0. The molecule has 0 amide bonds. The second-order valence-electron chi connectivity index (χ2n) is 6.00. The molecule has 0 atom stereocenters. The normalized spacial score (nSPS) is 19.3. The van der Waals surface area contributed by atoms with Gasteiger partial charge in [0.05, 0.1) is 5.69 Å². The van der Waals surface area contributed by atoms with E-state index < -0.39 is 0 Å². The van der Waals surface area contributed by atoms with E-state index in [1.54, 1.807) is 6.33 Å². The van der Waals surface area contributed by atoms with Crippen molar-refractivity contribution in [3.05, 3.63) is 35.0 Å². The van der Waals surface area contributed by atoms with Gasteiger partial charge in [0.15, 0.2) is 0 Å². The van der Waals surface area contributed by atoms with Crippen molar-refractivity contribution in [1.82, 2.24) is 20.2 Å². The zero-order valence-corrected chi connectivity index (χ0v) is 15.2. The van der Waals surface area contributed by atoms with E-state index in [0.29, 0.717) is 12.0 Å². The van der Waals surface area contributed by atoms with Gasteiger partial charge >= 0.3 is 0 Å². The van der Waals surface area contributed by atoms with Crippen LogP contribution in [0.15, 0.2) is 12.4 Å². The van der Waals surface area contributed by atoms with Crippen LogP contribution in [0.2, 0.25) is 0 Å². The van der Waals surface area contributed by atoms with Gasteiger partial charge in [0.25, 0.3) is 0 Å². The Kier molecular flexibility index (Phi) is 6.80. The Morgan fingerprint density at radius 3 is 2.52 bits per heavy atom. The third-order valence-corrected chi connectivity index (χ3v) is 4.33. The predicted molar refractivity (Wildman–Crippen MR) is 96.6 cm³/mol. The van der Waals surface area contributed by atoms with E-state index in [1.165, 1.54) is 5.56 Å². The average molecular weight is 359 g/mol. The van der Waals surface area contributed by atoms with Gasteiger partial charge in [0.1, 0.15) is 12.1 Å². The fourth-order valence-corrected chi connectivity index (χ4v) is 2.82. The molecule has 8 heteroatoms. The summed E-state index contributed by atoms with van der Waals surface area (Å²) in [5.41, 5.74) is 10.3. The van der Waals surface area contributed by atoms with Gasteiger partial charge in [0, 0.05) is 48.6 Å². The molecule has 2 aromatic rings. The highest BCUT2D eigenvalue weighted by atomic mass is 35.5. The van der Waals surface area contributed by atoms with Gasteiger partial charge in [-0.2, -0.15) is 5.10 Å². The van der Waals surface area contributed by atoms with Crippen molar-refractivity contribution in [3.8, 4) is 0 Å². The summed E-state index contributed by atoms with van der Waals surface area (Å²) in [6.07, 6.45) is 3.71. The monoisotopic (exact) mass is 358 g/mol. The molecule has 128 valence electrons. The first kappa shape index (κ1) is 19.7. The van der Waals surface area contributed by atoms with E-state index in [0.717, 1.165) is 42.3 Å². The number of nitrogens with one attached hydrogen (secondary N) is 1. The molecule has 3 N–H and O–H groups in total. The maximum absolute atomic E-state index is 5.86. The highest BCUT2D eigenvalue weighted by molar-refractivity contribution is 5.85. The number of aryl methyl sites for hydroxylation is 2. The zero-order chi connectivity index (χ0) is 15.0. The fraction of sp³-hybridized carbons (Fsp3) is 0.533. The number of nitrogens with zero attached hydrogens (tertiary/aromatic N) is 4. The number of aromatic nitrogens is 4. The summed E-state index contributed by atoms with van der Waals surface area (Å²) >= 11 is 0. The Morgan fingerprint density at radius 1 is 1.26 bits per heavy atom. The fourth-order valence-electron chi connectivity index (χ4n) is 2.82. The van der Waals surface area contributed by atoms with Crippen molar-refractivity contribution in [2.75, 3.05) is 11.9 Å². The Labute approximate surface area is 149 Å². The van der Waals surface area contributed by atoms with Crippen molar-refractivity contribution in [2.45, 2.75) is 45.2 Å². The smallest absolute Gasteiger partial charge is 0.132 e. The number of anilines is 1. The summed E-state index contributed by atoms with van der Waals surface area (Å²) < 4.78 is 0. The Hall–Kier alpha value is -1.37. The van der Waals surface area contributed by atoms with Crippen LogP contribution in [0.5, 0.6) is 0 Å². The van der Waals surface area contributed by atoms with Crippen LogP contribution in [0.3, 0.4) is 0 Å². The minimum Gasteiger partial charge on any atom is -0.355 e. The predicted octanol–water partition coefficient (Wildman–Crippen LogP) is 2.50. The van der Waals surface area contributed by atoms with Crippen LogP contribution in [0.4, 0.5) is 5.82 Å². The molecule has 2 heterocycles. The lowest BCUT2D eigenvalue weighted by Crippen LogP contribution is -2.35. The SMILES string of the molecule is Cc1n[nH]c(C)c1CN(C)c1cc(C2CC(N)C2)ncn1.Cl.Cl. The Bertz CT molecular complexity index is 619. The molecule has 23 heavy (non-hydrogen) atoms. The van der Waals surface area contributed by atoms with Crippen LogP contribution in [-0.4, -0.2) is 33.3 Å². The lowest BCUT2D eigenvalue weighted by Gasteiger charge is -2.32. The molecule has 0 spiro atoms. The summed E-state index contributed by atoms with van der Waals surface area (Å²) in [7, 11) is 2.05. The van der Waals surface area contributed by atoms with Crippen LogP contribution in [0.25, 0.3) is 0 Å². The average Bonchev–Trinajstić information content (AvgIpc) is 2.76. The zero-order valence-electron chi connectivity index (χ0n) is 13.6. The molecule has 0 bridgehead atoms. The first-order chi connectivity index (χ1) is 10.0. The second-order valence-corrected chi connectivity index (χ2v) is 6.00. The van der Waals surface area contributed by atoms with Crippen molar-refractivity contribution in [3.63, 3.8) is 0 Å². The molecule has 0 aliphatic heterocycles. The van der Waals surface area contributed by atoms with Crippen LogP contribution in [0.1, 0.15) is 41.4 Å². The first-order valence-electron chi connectivity index (χ1n) is 7.33. The topological polar surface area (TPSA) is 83.7 Å². The summed E-state index contributed by atoms with van der Waals surface area (Å²) in [5, 5.41) is 7.26. The number of H-pyrrole nitrogens is 1. The number of hydrogen-bond acceptors (Lipinski definition) is 5. The molecular weight excluding hydrogens is 335 g/mol. The molecule has 1 aliphatic rings. The lowest BCUT2D eigenvalue weighted by molar-refractivity contribution is 0.345. The van der Waals surface area contributed by atoms with Gasteiger partial charge in [-0.1, -0.05) is 0 Å². The molecule has 2 aromatic heterocycles. The molecular formula is C15H24Cl2N6. The van der Waals surface area contributed by atoms with Gasteiger partial charge in [-0.3, -0.25) is 5.10 Å². The molecule has 0 unspecified atom stereocenters. The minimum absolute atomic E-state index is 0. The van der Waals surface area contributed by atoms with Gasteiger partial charge in [-0.15, -0.1) is 24.8 Å². The summed E-state index contributed by atoms with van der Waals surface area (Å²) in [6.45, 7) is 4.85. The first-order valence-corrected chi connectivity index (χ1v) is 7.33. The number of aromatic amines is 1. The van der Waals surface area contributed by atoms with Crippen LogP contribution in [0, 0.1) is 13.8 Å². The standard InChI is InChI=1S/C15H22N6.2ClH/c1-9-13(10(2)20-19-9)7-21(3)15-6-14(17-8-18-15)11-4-12(16)5-11;;/h6,8,11-12H,4-5,7,16H2,1-3H3,(H,19,20);2*1H. The van der Waals surface area contributed by atoms with Gasteiger partial charge in [0.2, 0.25) is 0 Å².